The van der Waals surface area contributed by atoms with Gasteiger partial charge in [0.2, 0.25) is 11.8 Å². The monoisotopic (exact) mass is 476 g/mol. The van der Waals surface area contributed by atoms with E-state index in [0.29, 0.717) is 17.9 Å². The van der Waals surface area contributed by atoms with Gasteiger partial charge in [-0.15, -0.1) is 0 Å². The molecule has 9 nitrogen and oxygen atoms in total. The predicted octanol–water partition coefficient (Wildman–Crippen LogP) is 1.86. The van der Waals surface area contributed by atoms with Gasteiger partial charge in [0.15, 0.2) is 0 Å². The molecule has 180 valence electrons. The second-order valence-electron chi connectivity index (χ2n) is 7.54. The van der Waals surface area contributed by atoms with Crippen LogP contribution in [0.2, 0.25) is 0 Å². The molecule has 0 aliphatic rings. The zero-order chi connectivity index (χ0) is 24.6. The molecular formula is C23H32N4O5S. The standard InChI is InChI=1S/C23H32N4O5S/c1-6-21(23(29)24-2)26(16-18-11-10-14-20(15-18)32-5)22(28)17-27(33(30,31)25(3)4)19-12-8-7-9-13-19/h7-15,21H,6,16-17H2,1-5H3,(H,24,29). The normalized spacial score (nSPS) is 12.2. The minimum absolute atomic E-state index is 0.118. The number of rotatable bonds is 11. The highest BCUT2D eigenvalue weighted by molar-refractivity contribution is 7.90. The number of methoxy groups -OCH3 is 1. The summed E-state index contributed by atoms with van der Waals surface area (Å²) < 4.78 is 33.5. The third kappa shape index (κ3) is 6.45. The van der Waals surface area contributed by atoms with Crippen molar-refractivity contribution in [3.8, 4) is 5.75 Å². The second kappa shape index (κ2) is 11.7. The van der Waals surface area contributed by atoms with Gasteiger partial charge in [0.25, 0.3) is 0 Å². The van der Waals surface area contributed by atoms with Gasteiger partial charge in [-0.2, -0.15) is 12.7 Å². The van der Waals surface area contributed by atoms with E-state index in [1.807, 2.05) is 6.07 Å². The molecule has 1 unspecified atom stereocenters. The Labute approximate surface area is 196 Å². The van der Waals surface area contributed by atoms with Crippen LogP contribution >= 0.6 is 0 Å². The Bertz CT molecular complexity index is 1040. The van der Waals surface area contributed by atoms with Gasteiger partial charge in [0.1, 0.15) is 18.3 Å². The lowest BCUT2D eigenvalue weighted by molar-refractivity contribution is -0.140. The van der Waals surface area contributed by atoms with Crippen molar-refractivity contribution in [1.82, 2.24) is 14.5 Å². The first-order valence-electron chi connectivity index (χ1n) is 10.5. The number of amides is 2. The van der Waals surface area contributed by atoms with E-state index >= 15 is 0 Å². The molecule has 1 N–H and O–H groups in total. The maximum Gasteiger partial charge on any atom is 0.304 e. The van der Waals surface area contributed by atoms with Crippen LogP contribution in [0.25, 0.3) is 0 Å². The van der Waals surface area contributed by atoms with E-state index in [1.54, 1.807) is 62.6 Å². The molecule has 0 fully saturated rings. The molecule has 2 aromatic carbocycles. The summed E-state index contributed by atoms with van der Waals surface area (Å²) in [5.41, 5.74) is 1.11. The number of benzene rings is 2. The Hall–Kier alpha value is -3.11. The fourth-order valence-corrected chi connectivity index (χ4v) is 4.42. The number of carbonyl (C=O) groups is 2. The Balaban J connectivity index is 2.47. The van der Waals surface area contributed by atoms with Crippen LogP contribution in [-0.4, -0.2) is 70.3 Å². The van der Waals surface area contributed by atoms with Crippen LogP contribution in [0.5, 0.6) is 5.75 Å². The highest BCUT2D eigenvalue weighted by Gasteiger charge is 2.33. The molecule has 2 amide bonds. The summed E-state index contributed by atoms with van der Waals surface area (Å²) in [5, 5.41) is 2.60. The van der Waals surface area contributed by atoms with E-state index in [9.17, 15) is 18.0 Å². The summed E-state index contributed by atoms with van der Waals surface area (Å²) in [5.74, 6) is -0.202. The maximum atomic E-state index is 13.6. The van der Waals surface area contributed by atoms with Crippen molar-refractivity contribution >= 4 is 27.7 Å². The molecule has 2 rings (SSSR count). The number of anilines is 1. The van der Waals surface area contributed by atoms with Crippen LogP contribution in [0.1, 0.15) is 18.9 Å². The fourth-order valence-electron chi connectivity index (χ4n) is 3.36. The third-order valence-corrected chi connectivity index (χ3v) is 7.00. The van der Waals surface area contributed by atoms with Crippen molar-refractivity contribution in [2.24, 2.45) is 0 Å². The molecule has 10 heteroatoms. The Morgan fingerprint density at radius 3 is 2.27 bits per heavy atom. The molecule has 0 saturated carbocycles. The van der Waals surface area contributed by atoms with Crippen molar-refractivity contribution in [2.75, 3.05) is 39.1 Å². The van der Waals surface area contributed by atoms with E-state index in [0.717, 1.165) is 14.2 Å². The Morgan fingerprint density at radius 1 is 1.06 bits per heavy atom. The maximum absolute atomic E-state index is 13.6. The molecular weight excluding hydrogens is 444 g/mol. The second-order valence-corrected chi connectivity index (χ2v) is 9.61. The van der Waals surface area contributed by atoms with Crippen LogP contribution < -0.4 is 14.4 Å². The first-order chi connectivity index (χ1) is 15.6. The number of ether oxygens (including phenoxy) is 1. The number of hydrogen-bond donors (Lipinski definition) is 1. The smallest absolute Gasteiger partial charge is 0.304 e. The SMILES string of the molecule is CCC(C(=O)NC)N(Cc1cccc(OC)c1)C(=O)CN(c1ccccc1)S(=O)(=O)N(C)C. The summed E-state index contributed by atoms with van der Waals surface area (Å²) in [4.78, 5) is 27.6. The number of likely N-dealkylation sites (N-methyl/N-ethyl adjacent to an activating group) is 1. The number of carbonyl (C=O) groups excluding carboxylic acids is 2. The predicted molar refractivity (Wildman–Crippen MR) is 128 cm³/mol. The van der Waals surface area contributed by atoms with Crippen molar-refractivity contribution in [1.29, 1.82) is 0 Å². The molecule has 0 radical (unpaired) electrons. The van der Waals surface area contributed by atoms with Crippen molar-refractivity contribution in [2.45, 2.75) is 25.9 Å². The van der Waals surface area contributed by atoms with Crippen LogP contribution in [0.15, 0.2) is 54.6 Å². The molecule has 0 aromatic heterocycles. The lowest BCUT2D eigenvalue weighted by Crippen LogP contribution is -2.52. The van der Waals surface area contributed by atoms with Gasteiger partial charge in [0, 0.05) is 27.7 Å². The summed E-state index contributed by atoms with van der Waals surface area (Å²) in [7, 11) is 1.90. The minimum Gasteiger partial charge on any atom is -0.497 e. The zero-order valence-corrected chi connectivity index (χ0v) is 20.5. The summed E-state index contributed by atoms with van der Waals surface area (Å²) in [6, 6.07) is 14.8. The van der Waals surface area contributed by atoms with E-state index < -0.39 is 28.7 Å². The van der Waals surface area contributed by atoms with E-state index in [-0.39, 0.29) is 12.5 Å². The lowest BCUT2D eigenvalue weighted by atomic mass is 10.1. The van der Waals surface area contributed by atoms with E-state index in [4.69, 9.17) is 4.74 Å². The van der Waals surface area contributed by atoms with E-state index in [1.165, 1.54) is 26.0 Å². The third-order valence-electron chi connectivity index (χ3n) is 5.18. The van der Waals surface area contributed by atoms with Crippen LogP contribution in [0, 0.1) is 0 Å². The van der Waals surface area contributed by atoms with Gasteiger partial charge < -0.3 is 15.0 Å². The Morgan fingerprint density at radius 2 is 1.73 bits per heavy atom. The fraction of sp³-hybridized carbons (Fsp3) is 0.391. The number of nitrogens with one attached hydrogen (secondary N) is 1. The van der Waals surface area contributed by atoms with Crippen LogP contribution in [0.3, 0.4) is 0 Å². The highest BCUT2D eigenvalue weighted by atomic mass is 32.2. The van der Waals surface area contributed by atoms with Gasteiger partial charge in [-0.05, 0) is 36.2 Å². The van der Waals surface area contributed by atoms with Crippen LogP contribution in [0.4, 0.5) is 5.69 Å². The number of hydrogen-bond acceptors (Lipinski definition) is 5. The largest absolute Gasteiger partial charge is 0.497 e. The number of para-hydroxylation sites is 1. The summed E-state index contributed by atoms with van der Waals surface area (Å²) >= 11 is 0. The van der Waals surface area contributed by atoms with Gasteiger partial charge in [-0.1, -0.05) is 37.3 Å². The first kappa shape index (κ1) is 26.1. The summed E-state index contributed by atoms with van der Waals surface area (Å²) in [6.45, 7) is 1.46. The average Bonchev–Trinajstić information content (AvgIpc) is 2.82. The summed E-state index contributed by atoms with van der Waals surface area (Å²) in [6.07, 6.45) is 0.362. The van der Waals surface area contributed by atoms with E-state index in [2.05, 4.69) is 5.32 Å². The van der Waals surface area contributed by atoms with Gasteiger partial charge in [-0.25, -0.2) is 4.31 Å². The molecule has 0 spiro atoms. The minimum atomic E-state index is -3.96. The van der Waals surface area contributed by atoms with Crippen LogP contribution in [-0.2, 0) is 26.3 Å². The molecule has 0 bridgehead atoms. The molecule has 0 aliphatic heterocycles. The van der Waals surface area contributed by atoms with Crippen molar-refractivity contribution in [3.63, 3.8) is 0 Å². The molecule has 0 saturated heterocycles. The highest BCUT2D eigenvalue weighted by Crippen LogP contribution is 2.22. The van der Waals surface area contributed by atoms with Gasteiger partial charge in [0.05, 0.1) is 12.8 Å². The zero-order valence-electron chi connectivity index (χ0n) is 19.7. The van der Waals surface area contributed by atoms with Crippen molar-refractivity contribution < 1.29 is 22.7 Å². The molecule has 1 atom stereocenters. The van der Waals surface area contributed by atoms with Gasteiger partial charge in [-0.3, -0.25) is 9.59 Å². The first-order valence-corrected chi connectivity index (χ1v) is 11.9. The molecule has 2 aromatic rings. The average molecular weight is 477 g/mol. The molecule has 0 aliphatic carbocycles. The van der Waals surface area contributed by atoms with Crippen molar-refractivity contribution in [3.05, 3.63) is 60.2 Å². The Kier molecular flexibility index (Phi) is 9.24. The quantitative estimate of drug-likeness (QED) is 0.534. The molecule has 0 heterocycles. The number of nitrogens with zero attached hydrogens (tertiary/aromatic N) is 3. The lowest BCUT2D eigenvalue weighted by Gasteiger charge is -2.33. The van der Waals surface area contributed by atoms with Gasteiger partial charge >= 0.3 is 10.2 Å². The topological polar surface area (TPSA) is 99.3 Å². The molecule has 33 heavy (non-hydrogen) atoms.